The third-order valence-electron chi connectivity index (χ3n) is 5.31. The highest BCUT2D eigenvalue weighted by Crippen LogP contribution is 2.27. The van der Waals surface area contributed by atoms with E-state index in [1.165, 1.54) is 40.7 Å². The first-order chi connectivity index (χ1) is 14.7. The van der Waals surface area contributed by atoms with Crippen LogP contribution in [0.5, 0.6) is 5.75 Å². The molecule has 1 atom stereocenters. The second kappa shape index (κ2) is 8.45. The summed E-state index contributed by atoms with van der Waals surface area (Å²) in [4.78, 5) is 24.5. The summed E-state index contributed by atoms with van der Waals surface area (Å²) in [5.74, 6) is -0.884. The molecule has 1 fully saturated rings. The second-order valence-electron chi connectivity index (χ2n) is 7.48. The lowest BCUT2D eigenvalue weighted by molar-refractivity contribution is -0.140. The van der Waals surface area contributed by atoms with Crippen LogP contribution >= 0.6 is 11.6 Å². The number of benzene rings is 2. The van der Waals surface area contributed by atoms with Crippen molar-refractivity contribution in [3.63, 3.8) is 0 Å². The van der Waals surface area contributed by atoms with Crippen molar-refractivity contribution in [3.8, 4) is 5.75 Å². The van der Waals surface area contributed by atoms with Gasteiger partial charge in [-0.2, -0.15) is 4.31 Å². The van der Waals surface area contributed by atoms with Gasteiger partial charge in [-0.15, -0.1) is 0 Å². The molecule has 4 rings (SSSR count). The van der Waals surface area contributed by atoms with Gasteiger partial charge in [-0.1, -0.05) is 11.6 Å². The summed E-state index contributed by atoms with van der Waals surface area (Å²) in [7, 11) is -3.74. The van der Waals surface area contributed by atoms with Crippen molar-refractivity contribution in [1.29, 1.82) is 0 Å². The van der Waals surface area contributed by atoms with Gasteiger partial charge in [0, 0.05) is 35.6 Å². The number of piperidine rings is 1. The number of esters is 1. The number of fused-ring (bicyclic) bond motifs is 1. The first kappa shape index (κ1) is 21.5. The smallest absolute Gasteiger partial charge is 0.336 e. The third kappa shape index (κ3) is 4.51. The maximum absolute atomic E-state index is 12.9. The minimum Gasteiger partial charge on any atom is -0.426 e. The van der Waals surface area contributed by atoms with Gasteiger partial charge >= 0.3 is 11.6 Å². The van der Waals surface area contributed by atoms with Crippen molar-refractivity contribution in [1.82, 2.24) is 4.31 Å². The number of ether oxygens (including phenoxy) is 1. The molecule has 0 radical (unpaired) electrons. The molecule has 9 heteroatoms. The topological polar surface area (TPSA) is 93.9 Å². The summed E-state index contributed by atoms with van der Waals surface area (Å²) >= 11 is 5.85. The molecule has 0 amide bonds. The fourth-order valence-electron chi connectivity index (χ4n) is 3.68. The van der Waals surface area contributed by atoms with Gasteiger partial charge in [0.1, 0.15) is 11.3 Å². The van der Waals surface area contributed by atoms with Crippen molar-refractivity contribution < 1.29 is 22.4 Å². The Bertz CT molecular complexity index is 1300. The first-order valence-electron chi connectivity index (χ1n) is 9.76. The number of hydrogen-bond acceptors (Lipinski definition) is 6. The molecule has 0 N–H and O–H groups in total. The molecule has 0 bridgehead atoms. The molecule has 31 heavy (non-hydrogen) atoms. The van der Waals surface area contributed by atoms with Crippen molar-refractivity contribution in [3.05, 3.63) is 69.5 Å². The molecule has 0 unspecified atom stereocenters. The first-order valence-corrected chi connectivity index (χ1v) is 11.6. The van der Waals surface area contributed by atoms with Crippen LogP contribution in [0.2, 0.25) is 5.02 Å². The Kier molecular flexibility index (Phi) is 5.88. The van der Waals surface area contributed by atoms with Crippen LogP contribution in [0.4, 0.5) is 0 Å². The van der Waals surface area contributed by atoms with E-state index in [2.05, 4.69) is 0 Å². The highest BCUT2D eigenvalue weighted by Gasteiger charge is 2.34. The maximum Gasteiger partial charge on any atom is 0.336 e. The number of rotatable bonds is 4. The van der Waals surface area contributed by atoms with E-state index in [1.54, 1.807) is 19.1 Å². The normalized spacial score (nSPS) is 17.5. The largest absolute Gasteiger partial charge is 0.426 e. The molecule has 2 aromatic carbocycles. The molecule has 1 aliphatic rings. The number of nitrogens with zero attached hydrogens (tertiary/aromatic N) is 1. The molecule has 7 nitrogen and oxygen atoms in total. The average molecular weight is 462 g/mol. The Morgan fingerprint density at radius 2 is 1.90 bits per heavy atom. The number of aryl methyl sites for hydroxylation is 1. The molecule has 1 saturated heterocycles. The number of halogens is 1. The van der Waals surface area contributed by atoms with Gasteiger partial charge in [0.2, 0.25) is 10.0 Å². The van der Waals surface area contributed by atoms with Crippen LogP contribution in [0.1, 0.15) is 18.4 Å². The van der Waals surface area contributed by atoms with Gasteiger partial charge in [0.15, 0.2) is 0 Å². The lowest BCUT2D eigenvalue weighted by atomic mass is 10.00. The monoisotopic (exact) mass is 461 g/mol. The predicted molar refractivity (Wildman–Crippen MR) is 116 cm³/mol. The summed E-state index contributed by atoms with van der Waals surface area (Å²) in [6.07, 6.45) is 1.06. The van der Waals surface area contributed by atoms with Crippen molar-refractivity contribution in [2.24, 2.45) is 5.92 Å². The molecular weight excluding hydrogens is 442 g/mol. The van der Waals surface area contributed by atoms with E-state index in [-0.39, 0.29) is 17.2 Å². The Hall–Kier alpha value is -2.68. The SMILES string of the molecule is Cc1cc(=O)oc2cc(OC(=O)[C@@H]3CCCN(S(=O)(=O)c4ccc(Cl)cc4)C3)ccc12. The summed E-state index contributed by atoms with van der Waals surface area (Å²) in [6, 6.07) is 12.2. The van der Waals surface area contributed by atoms with Crippen molar-refractivity contribution >= 4 is 38.6 Å². The molecule has 0 saturated carbocycles. The third-order valence-corrected chi connectivity index (χ3v) is 7.44. The second-order valence-corrected chi connectivity index (χ2v) is 9.86. The lowest BCUT2D eigenvalue weighted by Crippen LogP contribution is -2.43. The summed E-state index contributed by atoms with van der Waals surface area (Å²) in [6.45, 7) is 2.16. The van der Waals surface area contributed by atoms with E-state index >= 15 is 0 Å². The highest BCUT2D eigenvalue weighted by molar-refractivity contribution is 7.89. The molecule has 0 aliphatic carbocycles. The van der Waals surface area contributed by atoms with Gasteiger partial charge in [-0.05, 0) is 61.7 Å². The van der Waals surface area contributed by atoms with Crippen molar-refractivity contribution in [2.75, 3.05) is 13.1 Å². The van der Waals surface area contributed by atoms with Crippen LogP contribution in [0.25, 0.3) is 11.0 Å². The number of sulfonamides is 1. The summed E-state index contributed by atoms with van der Waals surface area (Å²) < 4.78 is 37.8. The lowest BCUT2D eigenvalue weighted by Gasteiger charge is -2.30. The number of carbonyl (C=O) groups excluding carboxylic acids is 1. The molecule has 162 valence electrons. The summed E-state index contributed by atoms with van der Waals surface area (Å²) in [5.41, 5.74) is 0.606. The molecule has 3 aromatic rings. The fourth-order valence-corrected chi connectivity index (χ4v) is 5.33. The van der Waals surface area contributed by atoms with Crippen LogP contribution in [0, 0.1) is 12.8 Å². The van der Waals surface area contributed by atoms with E-state index in [4.69, 9.17) is 20.8 Å². The highest BCUT2D eigenvalue weighted by atomic mass is 35.5. The van der Waals surface area contributed by atoms with Gasteiger partial charge in [-0.3, -0.25) is 4.79 Å². The van der Waals surface area contributed by atoms with Crippen LogP contribution in [0.3, 0.4) is 0 Å². The molecule has 2 heterocycles. The van der Waals surface area contributed by atoms with E-state index in [9.17, 15) is 18.0 Å². The Morgan fingerprint density at radius 3 is 2.65 bits per heavy atom. The summed E-state index contributed by atoms with van der Waals surface area (Å²) in [5, 5.41) is 1.19. The Labute approximate surface area is 184 Å². The zero-order valence-electron chi connectivity index (χ0n) is 16.7. The zero-order valence-corrected chi connectivity index (χ0v) is 18.3. The van der Waals surface area contributed by atoms with Crippen LogP contribution < -0.4 is 10.4 Å². The van der Waals surface area contributed by atoms with E-state index in [1.807, 2.05) is 0 Å². The molecule has 1 aliphatic heterocycles. The van der Waals surface area contributed by atoms with E-state index in [0.29, 0.717) is 30.0 Å². The van der Waals surface area contributed by atoms with Gasteiger partial charge in [0.05, 0.1) is 10.8 Å². The van der Waals surface area contributed by atoms with Gasteiger partial charge in [0.25, 0.3) is 0 Å². The number of hydrogen-bond donors (Lipinski definition) is 0. The maximum atomic E-state index is 12.9. The Balaban J connectivity index is 1.51. The Morgan fingerprint density at radius 1 is 1.16 bits per heavy atom. The van der Waals surface area contributed by atoms with Gasteiger partial charge in [-0.25, -0.2) is 13.2 Å². The van der Waals surface area contributed by atoms with E-state index < -0.39 is 27.5 Å². The predicted octanol–water partition coefficient (Wildman–Crippen LogP) is 3.76. The van der Waals surface area contributed by atoms with Crippen LogP contribution in [-0.4, -0.2) is 31.8 Å². The average Bonchev–Trinajstić information content (AvgIpc) is 2.73. The standard InChI is InChI=1S/C22H20ClNO6S/c1-14-11-21(25)30-20-12-17(6-9-19(14)20)29-22(26)15-3-2-10-24(13-15)31(27,28)18-7-4-16(23)5-8-18/h4-9,11-12,15H,2-3,10,13H2,1H3/t15-/m1/s1. The molecular formula is C22H20ClNO6S. The minimum absolute atomic E-state index is 0.0333. The van der Waals surface area contributed by atoms with Gasteiger partial charge < -0.3 is 9.15 Å². The van der Waals surface area contributed by atoms with E-state index in [0.717, 1.165) is 10.9 Å². The molecule has 1 aromatic heterocycles. The number of carbonyl (C=O) groups is 1. The van der Waals surface area contributed by atoms with Crippen LogP contribution in [0.15, 0.2) is 62.6 Å². The quantitative estimate of drug-likeness (QED) is 0.333. The van der Waals surface area contributed by atoms with Crippen molar-refractivity contribution in [2.45, 2.75) is 24.7 Å². The fraction of sp³-hybridized carbons (Fsp3) is 0.273. The van der Waals surface area contributed by atoms with Crippen LogP contribution in [-0.2, 0) is 14.8 Å². The molecule has 0 spiro atoms. The minimum atomic E-state index is -3.74. The zero-order chi connectivity index (χ0) is 22.2.